The van der Waals surface area contributed by atoms with Crippen LogP contribution < -0.4 is 4.18 Å². The van der Waals surface area contributed by atoms with E-state index in [0.717, 1.165) is 11.5 Å². The SMILES string of the molecule is O=[N+]([O-])c1cccc(OS(=O)(=O)/C=C/c2ccccc2)c1. The summed E-state index contributed by atoms with van der Waals surface area (Å²) in [5.41, 5.74) is 0.457. The number of non-ortho nitro benzene ring substituents is 1. The van der Waals surface area contributed by atoms with Gasteiger partial charge in [-0.15, -0.1) is 0 Å². The van der Waals surface area contributed by atoms with E-state index >= 15 is 0 Å². The highest BCUT2D eigenvalue weighted by molar-refractivity contribution is 7.90. The maximum Gasteiger partial charge on any atom is 0.332 e. The minimum Gasteiger partial charge on any atom is -0.379 e. The van der Waals surface area contributed by atoms with Gasteiger partial charge in [-0.3, -0.25) is 10.1 Å². The summed E-state index contributed by atoms with van der Waals surface area (Å²) < 4.78 is 28.3. The molecule has 7 heteroatoms. The normalized spacial score (nSPS) is 11.4. The third kappa shape index (κ3) is 4.43. The first-order valence-electron chi connectivity index (χ1n) is 5.88. The minimum atomic E-state index is -3.98. The first kappa shape index (κ1) is 14.7. The molecule has 108 valence electrons. The van der Waals surface area contributed by atoms with Gasteiger partial charge >= 0.3 is 10.1 Å². The maximum absolute atomic E-state index is 11.8. The minimum absolute atomic E-state index is 0.109. The zero-order valence-corrected chi connectivity index (χ0v) is 11.6. The van der Waals surface area contributed by atoms with Gasteiger partial charge in [-0.1, -0.05) is 36.4 Å². The van der Waals surface area contributed by atoms with E-state index in [9.17, 15) is 18.5 Å². The smallest absolute Gasteiger partial charge is 0.332 e. The lowest BCUT2D eigenvalue weighted by Crippen LogP contribution is -2.05. The Morgan fingerprint density at radius 1 is 1.05 bits per heavy atom. The fourth-order valence-electron chi connectivity index (χ4n) is 1.54. The number of nitro benzene ring substituents is 1. The van der Waals surface area contributed by atoms with Crippen molar-refractivity contribution in [1.29, 1.82) is 0 Å². The summed E-state index contributed by atoms with van der Waals surface area (Å²) in [5.74, 6) is -0.109. The van der Waals surface area contributed by atoms with Gasteiger partial charge in [0, 0.05) is 6.07 Å². The molecule has 0 saturated heterocycles. The van der Waals surface area contributed by atoms with Crippen molar-refractivity contribution in [2.75, 3.05) is 0 Å². The van der Waals surface area contributed by atoms with Crippen LogP contribution in [0.5, 0.6) is 5.75 Å². The molecule has 0 bridgehead atoms. The summed E-state index contributed by atoms with van der Waals surface area (Å²) in [4.78, 5) is 9.99. The Morgan fingerprint density at radius 3 is 2.43 bits per heavy atom. The predicted octanol–water partition coefficient (Wildman–Crippen LogP) is 2.97. The molecule has 0 heterocycles. The summed E-state index contributed by atoms with van der Waals surface area (Å²) in [6.07, 6.45) is 1.38. The van der Waals surface area contributed by atoms with Crippen LogP contribution in [0.4, 0.5) is 5.69 Å². The van der Waals surface area contributed by atoms with Crippen LogP contribution in [0.3, 0.4) is 0 Å². The third-order valence-corrected chi connectivity index (χ3v) is 3.36. The Kier molecular flexibility index (Phi) is 4.34. The fraction of sp³-hybridized carbons (Fsp3) is 0. The van der Waals surface area contributed by atoms with Crippen LogP contribution in [0.2, 0.25) is 0 Å². The van der Waals surface area contributed by atoms with Crippen LogP contribution >= 0.6 is 0 Å². The van der Waals surface area contributed by atoms with E-state index in [1.807, 2.05) is 6.07 Å². The largest absolute Gasteiger partial charge is 0.379 e. The molecule has 0 amide bonds. The Balaban J connectivity index is 2.16. The number of nitrogens with zero attached hydrogens (tertiary/aromatic N) is 1. The van der Waals surface area contributed by atoms with Gasteiger partial charge in [-0.2, -0.15) is 8.42 Å². The van der Waals surface area contributed by atoms with E-state index in [-0.39, 0.29) is 11.4 Å². The predicted molar refractivity (Wildman–Crippen MR) is 78.1 cm³/mol. The molecule has 0 aliphatic heterocycles. The lowest BCUT2D eigenvalue weighted by atomic mass is 10.2. The van der Waals surface area contributed by atoms with E-state index in [2.05, 4.69) is 0 Å². The van der Waals surface area contributed by atoms with Gasteiger partial charge in [-0.25, -0.2) is 0 Å². The summed E-state index contributed by atoms with van der Waals surface area (Å²) in [7, 11) is -3.98. The summed E-state index contributed by atoms with van der Waals surface area (Å²) in [5, 5.41) is 11.5. The van der Waals surface area contributed by atoms with Gasteiger partial charge in [0.25, 0.3) is 5.69 Å². The first-order valence-corrected chi connectivity index (χ1v) is 7.35. The number of nitro groups is 1. The Labute approximate surface area is 121 Å². The quantitative estimate of drug-likeness (QED) is 0.481. The van der Waals surface area contributed by atoms with Crippen molar-refractivity contribution >= 4 is 21.9 Å². The van der Waals surface area contributed by atoms with E-state index in [0.29, 0.717) is 5.56 Å². The van der Waals surface area contributed by atoms with E-state index < -0.39 is 15.0 Å². The van der Waals surface area contributed by atoms with Gasteiger partial charge in [-0.05, 0) is 17.7 Å². The van der Waals surface area contributed by atoms with Crippen molar-refractivity contribution in [2.24, 2.45) is 0 Å². The molecule has 0 aromatic heterocycles. The molecule has 2 rings (SSSR count). The molecule has 0 saturated carbocycles. The number of hydrogen-bond donors (Lipinski definition) is 0. The topological polar surface area (TPSA) is 86.5 Å². The van der Waals surface area contributed by atoms with Crippen molar-refractivity contribution < 1.29 is 17.5 Å². The molecule has 2 aromatic carbocycles. The summed E-state index contributed by atoms with van der Waals surface area (Å²) >= 11 is 0. The van der Waals surface area contributed by atoms with Crippen LogP contribution in [0, 0.1) is 10.1 Å². The molecular formula is C14H11NO5S. The van der Waals surface area contributed by atoms with Crippen LogP contribution in [0.25, 0.3) is 6.08 Å². The standard InChI is InChI=1S/C14H11NO5S/c16-15(17)13-7-4-8-14(11-13)20-21(18,19)10-9-12-5-2-1-3-6-12/h1-11H/b10-9+. The molecule has 0 aliphatic carbocycles. The average molecular weight is 305 g/mol. The Bertz CT molecular complexity index is 769. The fourth-order valence-corrected chi connectivity index (χ4v) is 2.29. The van der Waals surface area contributed by atoms with Gasteiger partial charge < -0.3 is 4.18 Å². The molecule has 0 atom stereocenters. The third-order valence-electron chi connectivity index (χ3n) is 2.47. The highest BCUT2D eigenvalue weighted by Crippen LogP contribution is 2.21. The van der Waals surface area contributed by atoms with Crippen molar-refractivity contribution in [1.82, 2.24) is 0 Å². The molecule has 0 radical (unpaired) electrons. The van der Waals surface area contributed by atoms with Gasteiger partial charge in [0.05, 0.1) is 16.4 Å². The zero-order valence-electron chi connectivity index (χ0n) is 10.7. The Hall–Kier alpha value is -2.67. The van der Waals surface area contributed by atoms with Crippen LogP contribution in [0.1, 0.15) is 5.56 Å². The second-order valence-electron chi connectivity index (χ2n) is 4.04. The number of rotatable bonds is 5. The van der Waals surface area contributed by atoms with Gasteiger partial charge in [0.15, 0.2) is 0 Å². The lowest BCUT2D eigenvalue weighted by Gasteiger charge is -2.02. The molecule has 0 N–H and O–H groups in total. The van der Waals surface area contributed by atoms with Gasteiger partial charge in [0.1, 0.15) is 5.75 Å². The average Bonchev–Trinajstić information content (AvgIpc) is 2.46. The van der Waals surface area contributed by atoms with Crippen molar-refractivity contribution in [3.63, 3.8) is 0 Å². The molecule has 0 aliphatic rings. The van der Waals surface area contributed by atoms with Crippen LogP contribution in [-0.4, -0.2) is 13.3 Å². The zero-order chi connectivity index (χ0) is 15.3. The van der Waals surface area contributed by atoms with Crippen LogP contribution in [0.15, 0.2) is 60.0 Å². The maximum atomic E-state index is 11.8. The highest BCUT2D eigenvalue weighted by atomic mass is 32.2. The number of hydrogen-bond acceptors (Lipinski definition) is 5. The lowest BCUT2D eigenvalue weighted by molar-refractivity contribution is -0.384. The molecule has 2 aromatic rings. The molecular weight excluding hydrogens is 294 g/mol. The van der Waals surface area contributed by atoms with Crippen molar-refractivity contribution in [3.8, 4) is 5.75 Å². The van der Waals surface area contributed by atoms with Crippen molar-refractivity contribution in [2.45, 2.75) is 0 Å². The Morgan fingerprint density at radius 2 is 1.76 bits per heavy atom. The summed E-state index contributed by atoms with van der Waals surface area (Å²) in [6.45, 7) is 0. The van der Waals surface area contributed by atoms with Gasteiger partial charge in [0.2, 0.25) is 0 Å². The van der Waals surface area contributed by atoms with E-state index in [1.165, 1.54) is 24.3 Å². The van der Waals surface area contributed by atoms with Crippen molar-refractivity contribution in [3.05, 3.63) is 75.7 Å². The highest BCUT2D eigenvalue weighted by Gasteiger charge is 2.12. The second-order valence-corrected chi connectivity index (χ2v) is 5.47. The monoisotopic (exact) mass is 305 g/mol. The second kappa shape index (κ2) is 6.19. The molecule has 0 unspecified atom stereocenters. The molecule has 21 heavy (non-hydrogen) atoms. The van der Waals surface area contributed by atoms with E-state index in [1.54, 1.807) is 24.3 Å². The van der Waals surface area contributed by atoms with E-state index in [4.69, 9.17) is 4.18 Å². The first-order chi connectivity index (χ1) is 9.96. The summed E-state index contributed by atoms with van der Waals surface area (Å²) in [6, 6.07) is 13.8. The molecule has 6 nitrogen and oxygen atoms in total. The molecule has 0 spiro atoms. The van der Waals surface area contributed by atoms with Crippen LogP contribution in [-0.2, 0) is 10.1 Å². The molecule has 0 fully saturated rings. The number of benzene rings is 2.